The van der Waals surface area contributed by atoms with E-state index in [2.05, 4.69) is 15.5 Å². The van der Waals surface area contributed by atoms with E-state index in [0.717, 1.165) is 28.1 Å². The molecule has 1 aromatic rings. The highest BCUT2D eigenvalue weighted by atomic mass is 32.2. The number of amides is 2. The first-order valence-corrected chi connectivity index (χ1v) is 12.3. The van der Waals surface area contributed by atoms with Gasteiger partial charge in [-0.2, -0.15) is 0 Å². The number of hydrogen-bond acceptors (Lipinski definition) is 12. The zero-order valence-corrected chi connectivity index (χ0v) is 20.1. The second-order valence-corrected chi connectivity index (χ2v) is 9.84. The molecule has 178 valence electrons. The molecule has 0 saturated carbocycles. The van der Waals surface area contributed by atoms with Crippen molar-refractivity contribution < 1.29 is 24.3 Å². The summed E-state index contributed by atoms with van der Waals surface area (Å²) < 4.78 is 0. The number of rotatable bonds is 8. The number of carbonyl (C=O) groups excluding carboxylic acids is 2. The van der Waals surface area contributed by atoms with Crippen molar-refractivity contribution >= 4 is 68.7 Å². The fourth-order valence-corrected chi connectivity index (χ4v) is 6.01. The number of anilines is 1. The highest BCUT2D eigenvalue weighted by Crippen LogP contribution is 2.44. The van der Waals surface area contributed by atoms with Gasteiger partial charge in [-0.15, -0.1) is 23.1 Å². The molecule has 7 N–H and O–H groups in total. The van der Waals surface area contributed by atoms with Crippen molar-refractivity contribution in [2.45, 2.75) is 5.37 Å². The molecule has 2 amide bonds. The zero-order valence-electron chi connectivity index (χ0n) is 17.6. The Hall–Kier alpha value is -2.82. The number of nitrogens with two attached hydrogens (primary N) is 2. The maximum atomic E-state index is 12.8. The number of thiazole rings is 1. The zero-order chi connectivity index (χ0) is 24.3. The molecule has 0 aliphatic carbocycles. The number of aromatic nitrogens is 1. The topological polar surface area (TPSA) is 200 Å². The van der Waals surface area contributed by atoms with Gasteiger partial charge < -0.3 is 21.0 Å². The molecule has 16 heteroatoms. The minimum atomic E-state index is -1.21. The summed E-state index contributed by atoms with van der Waals surface area (Å²) >= 11 is 3.63. The molecule has 2 atom stereocenters. The Morgan fingerprint density at radius 3 is 2.85 bits per heavy atom. The molecule has 13 nitrogen and oxygen atoms in total. The number of nitrogens with zero attached hydrogens (tertiary/aromatic N) is 4. The molecule has 0 radical (unpaired) electrons. The lowest BCUT2D eigenvalue weighted by atomic mass is 9.95. The number of aliphatic carboxylic acids is 1. The van der Waals surface area contributed by atoms with E-state index in [1.165, 1.54) is 30.8 Å². The minimum Gasteiger partial charge on any atom is -0.477 e. The third-order valence-corrected chi connectivity index (χ3v) is 7.83. The summed E-state index contributed by atoms with van der Waals surface area (Å²) in [5.41, 5.74) is 6.23. The lowest BCUT2D eigenvalue weighted by Gasteiger charge is -2.49. The smallest absolute Gasteiger partial charge is 0.352 e. The molecule has 3 rings (SSSR count). The molecule has 0 aromatic carbocycles. The number of hydrogen-bond donors (Lipinski definition) is 5. The summed E-state index contributed by atoms with van der Waals surface area (Å²) in [6, 6.07) is 0. The van der Waals surface area contributed by atoms with Crippen LogP contribution in [0.5, 0.6) is 0 Å². The van der Waals surface area contributed by atoms with E-state index >= 15 is 0 Å². The van der Waals surface area contributed by atoms with Crippen molar-refractivity contribution in [3.8, 4) is 0 Å². The number of nitrogens with one attached hydrogen (secondary N) is 2. The number of carboxylic acids is 1. The first-order valence-electron chi connectivity index (χ1n) is 9.36. The van der Waals surface area contributed by atoms with Crippen LogP contribution in [0.25, 0.3) is 0 Å². The summed E-state index contributed by atoms with van der Waals surface area (Å²) in [5.74, 6) is 3.31. The third kappa shape index (κ3) is 5.23. The summed E-state index contributed by atoms with van der Waals surface area (Å²) in [6.07, 6.45) is 0. The van der Waals surface area contributed by atoms with Crippen molar-refractivity contribution in [3.63, 3.8) is 0 Å². The van der Waals surface area contributed by atoms with Crippen LogP contribution in [-0.2, 0) is 19.2 Å². The number of carbonyl (C=O) groups is 3. The van der Waals surface area contributed by atoms with Crippen molar-refractivity contribution in [3.05, 3.63) is 22.3 Å². The van der Waals surface area contributed by atoms with Crippen molar-refractivity contribution in [1.82, 2.24) is 20.2 Å². The van der Waals surface area contributed by atoms with E-state index in [4.69, 9.17) is 21.8 Å². The second-order valence-electron chi connectivity index (χ2n) is 6.88. The first-order chi connectivity index (χ1) is 15.6. The normalized spacial score (nSPS) is 20.2. The van der Waals surface area contributed by atoms with Gasteiger partial charge in [-0.05, 0) is 5.57 Å². The van der Waals surface area contributed by atoms with Crippen LogP contribution in [0.2, 0.25) is 0 Å². The van der Waals surface area contributed by atoms with Crippen LogP contribution in [0.1, 0.15) is 5.69 Å². The van der Waals surface area contributed by atoms with E-state index in [1.807, 2.05) is 0 Å². The molecule has 1 fully saturated rings. The maximum Gasteiger partial charge on any atom is 0.352 e. The SMILES string of the molecule is CO/N=C(\C(=O)NC[C@@H]1C(=O)N2C(C(=O)O)=C(CSC(=N)N(C)N)CS[C@H]12)c1csc(N)n1. The fraction of sp³-hybridized carbons (Fsp3) is 0.412. The van der Waals surface area contributed by atoms with Gasteiger partial charge in [0.25, 0.3) is 5.91 Å². The lowest BCUT2D eigenvalue weighted by molar-refractivity contribution is -0.152. The maximum absolute atomic E-state index is 12.8. The first kappa shape index (κ1) is 24.8. The number of nitrogen functional groups attached to an aromatic ring is 1. The largest absolute Gasteiger partial charge is 0.477 e. The molecule has 2 aliphatic rings. The molecule has 1 aromatic heterocycles. The van der Waals surface area contributed by atoms with Crippen LogP contribution in [0.15, 0.2) is 21.8 Å². The number of oxime groups is 1. The molecule has 33 heavy (non-hydrogen) atoms. The van der Waals surface area contributed by atoms with Crippen LogP contribution in [0.4, 0.5) is 5.13 Å². The molecular weight excluding hydrogens is 492 g/mol. The summed E-state index contributed by atoms with van der Waals surface area (Å²) in [4.78, 5) is 47.3. The Kier molecular flexibility index (Phi) is 7.83. The predicted octanol–water partition coefficient (Wildman–Crippen LogP) is -0.465. The van der Waals surface area contributed by atoms with Gasteiger partial charge in [0.2, 0.25) is 5.91 Å². The van der Waals surface area contributed by atoms with E-state index in [-0.39, 0.29) is 39.7 Å². The molecule has 3 heterocycles. The Balaban J connectivity index is 1.67. The summed E-state index contributed by atoms with van der Waals surface area (Å²) in [5, 5.41) is 26.4. The average molecular weight is 515 g/mol. The van der Waals surface area contributed by atoms with E-state index in [9.17, 15) is 19.5 Å². The van der Waals surface area contributed by atoms with Crippen molar-refractivity contribution in [1.29, 1.82) is 5.41 Å². The Bertz CT molecular complexity index is 1040. The van der Waals surface area contributed by atoms with Gasteiger partial charge in [0.05, 0.1) is 11.3 Å². The molecule has 0 unspecified atom stereocenters. The Morgan fingerprint density at radius 1 is 1.55 bits per heavy atom. The van der Waals surface area contributed by atoms with Crippen LogP contribution in [-0.4, -0.2) is 86.2 Å². The lowest BCUT2D eigenvalue weighted by Crippen LogP contribution is -2.64. The van der Waals surface area contributed by atoms with E-state index < -0.39 is 29.1 Å². The summed E-state index contributed by atoms with van der Waals surface area (Å²) in [6.45, 7) is -0.00617. The average Bonchev–Trinajstić information content (AvgIpc) is 3.20. The van der Waals surface area contributed by atoms with Gasteiger partial charge in [-0.3, -0.25) is 24.9 Å². The fourth-order valence-electron chi connectivity index (χ4n) is 3.16. The number of carboxylic acid groups (broad SMARTS) is 1. The van der Waals surface area contributed by atoms with E-state index in [0.29, 0.717) is 11.3 Å². The molecule has 0 bridgehead atoms. The van der Waals surface area contributed by atoms with Crippen molar-refractivity contribution in [2.24, 2.45) is 16.9 Å². The predicted molar refractivity (Wildman–Crippen MR) is 126 cm³/mol. The molecular formula is C17H22N8O5S3. The van der Waals surface area contributed by atoms with Gasteiger partial charge in [0.1, 0.15) is 18.5 Å². The molecule has 0 spiro atoms. The van der Waals surface area contributed by atoms with Gasteiger partial charge in [-0.25, -0.2) is 15.6 Å². The monoisotopic (exact) mass is 514 g/mol. The van der Waals surface area contributed by atoms with Gasteiger partial charge in [0, 0.05) is 30.5 Å². The van der Waals surface area contributed by atoms with Crippen LogP contribution in [0.3, 0.4) is 0 Å². The highest BCUT2D eigenvalue weighted by molar-refractivity contribution is 8.13. The third-order valence-electron chi connectivity index (χ3n) is 4.71. The summed E-state index contributed by atoms with van der Waals surface area (Å²) in [7, 11) is 2.80. The standard InChI is InChI=1S/C17H22N8O5S3/c1-24(20)17(19)33-5-7-4-31-14-8(13(27)25(14)11(7)15(28)29)3-21-12(26)10(23-30-2)9-6-32-16(18)22-9/h6,8,14,19H,3-5,20H2,1-2H3,(H2,18,22)(H,21,26)(H,28,29)/b19-17?,23-10-/t8-,14-/m1/s1. The molecule has 1 saturated heterocycles. The minimum absolute atomic E-state index is 0.00617. The molecule has 2 aliphatic heterocycles. The van der Waals surface area contributed by atoms with Crippen LogP contribution >= 0.6 is 34.9 Å². The van der Waals surface area contributed by atoms with Gasteiger partial charge in [-0.1, -0.05) is 16.9 Å². The van der Waals surface area contributed by atoms with Gasteiger partial charge in [0.15, 0.2) is 16.0 Å². The Labute approximate surface area is 201 Å². The number of fused-ring (bicyclic) bond motifs is 1. The quantitative estimate of drug-likeness (QED) is 0.0987. The number of thioether (sulfide) groups is 2. The van der Waals surface area contributed by atoms with Crippen molar-refractivity contribution in [2.75, 3.05) is 37.9 Å². The van der Waals surface area contributed by atoms with E-state index in [1.54, 1.807) is 5.38 Å². The Morgan fingerprint density at radius 2 is 2.27 bits per heavy atom. The highest BCUT2D eigenvalue weighted by Gasteiger charge is 2.53. The number of amidine groups is 1. The second kappa shape index (κ2) is 10.4. The van der Waals surface area contributed by atoms with Gasteiger partial charge >= 0.3 is 5.97 Å². The van der Waals surface area contributed by atoms with Crippen LogP contribution in [0, 0.1) is 11.3 Å². The number of β-lactam (4-membered cyclic amide) rings is 1. The van der Waals surface area contributed by atoms with Crippen LogP contribution < -0.4 is 16.9 Å². The number of hydrazine groups is 1.